The van der Waals surface area contributed by atoms with E-state index in [0.717, 1.165) is 25.2 Å². The minimum Gasteiger partial charge on any atom is -0.497 e. The summed E-state index contributed by atoms with van der Waals surface area (Å²) in [4.78, 5) is 14.1. The van der Waals surface area contributed by atoms with Gasteiger partial charge in [0, 0.05) is 19.6 Å². The Hall–Kier alpha value is -0.970. The van der Waals surface area contributed by atoms with Gasteiger partial charge in [0.05, 0.1) is 23.7 Å². The van der Waals surface area contributed by atoms with E-state index in [1.165, 1.54) is 0 Å². The van der Waals surface area contributed by atoms with Gasteiger partial charge in [0.1, 0.15) is 5.75 Å². The standard InChI is InChI=1S/C12H13ClN2O2.ClH/c1-17-7-4-8-10-6-14-2-3-15(10)12(16)11(8)9(13)5-7;/h4-5,10,14H,2-3,6H2,1H3;1H. The van der Waals surface area contributed by atoms with Crippen LogP contribution in [0, 0.1) is 0 Å². The van der Waals surface area contributed by atoms with Crippen molar-refractivity contribution < 1.29 is 9.53 Å². The van der Waals surface area contributed by atoms with Gasteiger partial charge in [0.15, 0.2) is 0 Å². The molecule has 0 aliphatic carbocycles. The Kier molecular flexibility index (Phi) is 3.71. The molecule has 0 bridgehead atoms. The van der Waals surface area contributed by atoms with Crippen LogP contribution >= 0.6 is 24.0 Å². The average molecular weight is 289 g/mol. The van der Waals surface area contributed by atoms with Crippen molar-refractivity contribution in [1.29, 1.82) is 0 Å². The highest BCUT2D eigenvalue weighted by Crippen LogP contribution is 2.40. The number of rotatable bonds is 1. The summed E-state index contributed by atoms with van der Waals surface area (Å²) in [5.74, 6) is 0.744. The highest BCUT2D eigenvalue weighted by molar-refractivity contribution is 6.34. The molecule has 2 aliphatic rings. The van der Waals surface area contributed by atoms with E-state index in [0.29, 0.717) is 16.3 Å². The predicted octanol–water partition coefficient (Wildman–Crippen LogP) is 1.87. The molecule has 0 saturated carbocycles. The van der Waals surface area contributed by atoms with Crippen molar-refractivity contribution >= 4 is 29.9 Å². The van der Waals surface area contributed by atoms with Crippen molar-refractivity contribution in [3.05, 3.63) is 28.3 Å². The second kappa shape index (κ2) is 4.96. The lowest BCUT2D eigenvalue weighted by atomic mass is 10.0. The molecule has 6 heteroatoms. The molecule has 1 aromatic carbocycles. The molecule has 1 N–H and O–H groups in total. The van der Waals surface area contributed by atoms with Gasteiger partial charge in [-0.1, -0.05) is 11.6 Å². The lowest BCUT2D eigenvalue weighted by Crippen LogP contribution is -2.44. The van der Waals surface area contributed by atoms with Crippen molar-refractivity contribution in [2.24, 2.45) is 0 Å². The van der Waals surface area contributed by atoms with Crippen molar-refractivity contribution in [3.63, 3.8) is 0 Å². The summed E-state index contributed by atoms with van der Waals surface area (Å²) in [7, 11) is 1.60. The van der Waals surface area contributed by atoms with Gasteiger partial charge in [-0.2, -0.15) is 0 Å². The van der Waals surface area contributed by atoms with E-state index in [1.54, 1.807) is 13.2 Å². The first-order valence-electron chi connectivity index (χ1n) is 5.61. The molecule has 98 valence electrons. The maximum absolute atomic E-state index is 12.2. The molecule has 1 aromatic rings. The minimum absolute atomic E-state index is 0. The number of halogens is 2. The lowest BCUT2D eigenvalue weighted by Gasteiger charge is -2.30. The Labute approximate surface area is 117 Å². The smallest absolute Gasteiger partial charge is 0.256 e. The van der Waals surface area contributed by atoms with Crippen LogP contribution in [-0.4, -0.2) is 37.6 Å². The summed E-state index contributed by atoms with van der Waals surface area (Å²) in [6.07, 6.45) is 0. The SMILES string of the molecule is COc1cc(Cl)c2c(c1)C1CNCCN1C2=O.Cl. The molecule has 0 radical (unpaired) electrons. The maximum Gasteiger partial charge on any atom is 0.256 e. The molecule has 1 atom stereocenters. The Morgan fingerprint density at radius 3 is 3.00 bits per heavy atom. The van der Waals surface area contributed by atoms with Crippen LogP contribution in [0.1, 0.15) is 22.0 Å². The Morgan fingerprint density at radius 2 is 2.28 bits per heavy atom. The van der Waals surface area contributed by atoms with Crippen LogP contribution in [0.2, 0.25) is 5.02 Å². The Bertz CT molecular complexity index is 493. The van der Waals surface area contributed by atoms with Crippen LogP contribution in [0.4, 0.5) is 0 Å². The number of fused-ring (bicyclic) bond motifs is 3. The van der Waals surface area contributed by atoms with Crippen LogP contribution in [0.5, 0.6) is 5.75 Å². The number of hydrogen-bond donors (Lipinski definition) is 1. The topological polar surface area (TPSA) is 41.6 Å². The zero-order chi connectivity index (χ0) is 12.0. The lowest BCUT2D eigenvalue weighted by molar-refractivity contribution is 0.0691. The summed E-state index contributed by atoms with van der Waals surface area (Å²) in [6.45, 7) is 2.35. The zero-order valence-electron chi connectivity index (χ0n) is 9.90. The van der Waals surface area contributed by atoms with Gasteiger partial charge in [0.25, 0.3) is 5.91 Å². The fourth-order valence-corrected chi connectivity index (χ4v) is 2.87. The van der Waals surface area contributed by atoms with E-state index in [1.807, 2.05) is 11.0 Å². The van der Waals surface area contributed by atoms with Crippen LogP contribution in [0.15, 0.2) is 12.1 Å². The normalized spacial score (nSPS) is 21.1. The number of carbonyl (C=O) groups excluding carboxylic acids is 1. The van der Waals surface area contributed by atoms with Crippen molar-refractivity contribution in [2.45, 2.75) is 6.04 Å². The number of methoxy groups -OCH3 is 1. The van der Waals surface area contributed by atoms with Gasteiger partial charge < -0.3 is 15.0 Å². The number of ether oxygens (including phenoxy) is 1. The summed E-state index contributed by atoms with van der Waals surface area (Å²) in [5.41, 5.74) is 1.62. The second-order valence-electron chi connectivity index (χ2n) is 4.29. The van der Waals surface area contributed by atoms with E-state index in [2.05, 4.69) is 5.32 Å². The quantitative estimate of drug-likeness (QED) is 0.858. The fraction of sp³-hybridized carbons (Fsp3) is 0.417. The third kappa shape index (κ3) is 1.85. The first-order chi connectivity index (χ1) is 8.22. The second-order valence-corrected chi connectivity index (χ2v) is 4.70. The summed E-state index contributed by atoms with van der Waals surface area (Å²) in [5, 5.41) is 3.78. The number of hydrogen-bond acceptors (Lipinski definition) is 3. The third-order valence-corrected chi connectivity index (χ3v) is 3.71. The van der Waals surface area contributed by atoms with Crippen molar-refractivity contribution in [3.8, 4) is 5.75 Å². The van der Waals surface area contributed by atoms with Crippen LogP contribution < -0.4 is 10.1 Å². The van der Waals surface area contributed by atoms with E-state index >= 15 is 0 Å². The number of nitrogens with zero attached hydrogens (tertiary/aromatic N) is 1. The fourth-order valence-electron chi connectivity index (χ4n) is 2.58. The van der Waals surface area contributed by atoms with Crippen LogP contribution in [0.25, 0.3) is 0 Å². The summed E-state index contributed by atoms with van der Waals surface area (Å²) < 4.78 is 5.20. The number of carbonyl (C=O) groups is 1. The zero-order valence-corrected chi connectivity index (χ0v) is 11.5. The molecule has 1 fully saturated rings. The van der Waals surface area contributed by atoms with Crippen molar-refractivity contribution in [1.82, 2.24) is 10.2 Å². The van der Waals surface area contributed by atoms with Gasteiger partial charge in [-0.25, -0.2) is 0 Å². The molecule has 18 heavy (non-hydrogen) atoms. The summed E-state index contributed by atoms with van der Waals surface area (Å²) in [6, 6.07) is 3.71. The monoisotopic (exact) mass is 288 g/mol. The largest absolute Gasteiger partial charge is 0.497 e. The number of piperazine rings is 1. The van der Waals surface area contributed by atoms with E-state index in [-0.39, 0.29) is 24.4 Å². The average Bonchev–Trinajstić information content (AvgIpc) is 2.64. The van der Waals surface area contributed by atoms with Gasteiger partial charge in [0.2, 0.25) is 0 Å². The third-order valence-electron chi connectivity index (χ3n) is 3.41. The first-order valence-corrected chi connectivity index (χ1v) is 5.99. The molecule has 2 aliphatic heterocycles. The van der Waals surface area contributed by atoms with Crippen molar-refractivity contribution in [2.75, 3.05) is 26.7 Å². The van der Waals surface area contributed by atoms with Gasteiger partial charge in [-0.05, 0) is 17.7 Å². The van der Waals surface area contributed by atoms with Gasteiger partial charge in [-0.3, -0.25) is 4.79 Å². The molecule has 0 spiro atoms. The highest BCUT2D eigenvalue weighted by atomic mass is 35.5. The number of nitrogens with one attached hydrogen (secondary N) is 1. The van der Waals surface area contributed by atoms with E-state index in [4.69, 9.17) is 16.3 Å². The maximum atomic E-state index is 12.2. The molecular formula is C12H14Cl2N2O2. The first kappa shape index (κ1) is 13.5. The molecule has 1 saturated heterocycles. The molecule has 1 amide bonds. The Balaban J connectivity index is 0.00000120. The van der Waals surface area contributed by atoms with Gasteiger partial charge >= 0.3 is 0 Å². The molecule has 4 nitrogen and oxygen atoms in total. The molecule has 3 rings (SSSR count). The van der Waals surface area contributed by atoms with Crippen LogP contribution in [0.3, 0.4) is 0 Å². The predicted molar refractivity (Wildman–Crippen MR) is 71.9 cm³/mol. The van der Waals surface area contributed by atoms with E-state index < -0.39 is 0 Å². The molecular weight excluding hydrogens is 275 g/mol. The Morgan fingerprint density at radius 1 is 1.50 bits per heavy atom. The summed E-state index contributed by atoms with van der Waals surface area (Å²) >= 11 is 6.17. The molecule has 1 unspecified atom stereocenters. The minimum atomic E-state index is 0. The molecule has 0 aromatic heterocycles. The van der Waals surface area contributed by atoms with Crippen LogP contribution in [-0.2, 0) is 0 Å². The molecule has 2 heterocycles. The van der Waals surface area contributed by atoms with E-state index in [9.17, 15) is 4.79 Å². The highest BCUT2D eigenvalue weighted by Gasteiger charge is 2.39. The number of benzene rings is 1. The number of amides is 1. The van der Waals surface area contributed by atoms with Gasteiger partial charge in [-0.15, -0.1) is 12.4 Å².